The van der Waals surface area contributed by atoms with Crippen LogP contribution < -0.4 is 5.32 Å². The number of pyridine rings is 1. The number of hydrogen-bond donors (Lipinski definition) is 1. The Labute approximate surface area is 120 Å². The number of aryl methyl sites for hydroxylation is 1. The van der Waals surface area contributed by atoms with Gasteiger partial charge in [-0.25, -0.2) is 0 Å². The standard InChI is InChI=1S/C15H23N3O2/c1-4-16-14-8-11(2)17-9-13(14)15(19)18-7-5-6-12(10-18)20-3/h8-9,12H,4-7,10H2,1-3H3,(H,16,17). The Hall–Kier alpha value is -1.62. The van der Waals surface area contributed by atoms with Gasteiger partial charge in [-0.3, -0.25) is 9.78 Å². The van der Waals surface area contributed by atoms with Crippen LogP contribution in [0.25, 0.3) is 0 Å². The molecule has 110 valence electrons. The fourth-order valence-corrected chi connectivity index (χ4v) is 2.55. The Morgan fingerprint density at radius 1 is 1.60 bits per heavy atom. The molecule has 1 aromatic rings. The summed E-state index contributed by atoms with van der Waals surface area (Å²) in [4.78, 5) is 18.8. The third kappa shape index (κ3) is 3.28. The first-order valence-corrected chi connectivity index (χ1v) is 7.18. The topological polar surface area (TPSA) is 54.5 Å². The van der Waals surface area contributed by atoms with Gasteiger partial charge in [0.1, 0.15) is 0 Å². The van der Waals surface area contributed by atoms with Crippen molar-refractivity contribution in [1.82, 2.24) is 9.88 Å². The van der Waals surface area contributed by atoms with E-state index in [1.165, 1.54) is 0 Å². The van der Waals surface area contributed by atoms with E-state index in [0.29, 0.717) is 12.1 Å². The lowest BCUT2D eigenvalue weighted by Gasteiger charge is -2.32. The molecular formula is C15H23N3O2. The largest absolute Gasteiger partial charge is 0.385 e. The average Bonchev–Trinajstić information content (AvgIpc) is 2.47. The minimum atomic E-state index is 0.0372. The molecule has 1 aromatic heterocycles. The van der Waals surface area contributed by atoms with Gasteiger partial charge >= 0.3 is 0 Å². The van der Waals surface area contributed by atoms with E-state index in [1.54, 1.807) is 13.3 Å². The number of piperidine rings is 1. The molecule has 1 amide bonds. The molecule has 0 spiro atoms. The molecule has 5 heteroatoms. The third-order valence-corrected chi connectivity index (χ3v) is 3.64. The van der Waals surface area contributed by atoms with Gasteiger partial charge in [0.25, 0.3) is 5.91 Å². The molecule has 1 unspecified atom stereocenters. The molecular weight excluding hydrogens is 254 g/mol. The maximum absolute atomic E-state index is 12.7. The van der Waals surface area contributed by atoms with Crippen LogP contribution in [0.3, 0.4) is 0 Å². The predicted octanol–water partition coefficient (Wildman–Crippen LogP) is 2.07. The van der Waals surface area contributed by atoms with E-state index < -0.39 is 0 Å². The van der Waals surface area contributed by atoms with Crippen LogP contribution in [0.4, 0.5) is 5.69 Å². The van der Waals surface area contributed by atoms with Crippen LogP contribution >= 0.6 is 0 Å². The van der Waals surface area contributed by atoms with E-state index in [-0.39, 0.29) is 12.0 Å². The number of ether oxygens (including phenoxy) is 1. The number of carbonyl (C=O) groups excluding carboxylic acids is 1. The highest BCUT2D eigenvalue weighted by Gasteiger charge is 2.25. The second kappa shape index (κ2) is 6.70. The van der Waals surface area contributed by atoms with Crippen LogP contribution in [0, 0.1) is 6.92 Å². The van der Waals surface area contributed by atoms with Crippen LogP contribution in [0.5, 0.6) is 0 Å². The molecule has 0 bridgehead atoms. The lowest BCUT2D eigenvalue weighted by molar-refractivity contribution is 0.0269. The first-order valence-electron chi connectivity index (χ1n) is 7.18. The zero-order valence-corrected chi connectivity index (χ0v) is 12.5. The Bertz CT molecular complexity index is 476. The van der Waals surface area contributed by atoms with Crippen molar-refractivity contribution in [3.8, 4) is 0 Å². The summed E-state index contributed by atoms with van der Waals surface area (Å²) >= 11 is 0. The number of hydrogen-bond acceptors (Lipinski definition) is 4. The van der Waals surface area contributed by atoms with Crippen molar-refractivity contribution in [2.45, 2.75) is 32.8 Å². The van der Waals surface area contributed by atoms with Gasteiger partial charge in [-0.2, -0.15) is 0 Å². The molecule has 1 atom stereocenters. The highest BCUT2D eigenvalue weighted by atomic mass is 16.5. The van der Waals surface area contributed by atoms with Crippen molar-refractivity contribution in [3.63, 3.8) is 0 Å². The quantitative estimate of drug-likeness (QED) is 0.915. The Morgan fingerprint density at radius 2 is 2.40 bits per heavy atom. The van der Waals surface area contributed by atoms with E-state index in [4.69, 9.17) is 4.74 Å². The molecule has 2 rings (SSSR count). The summed E-state index contributed by atoms with van der Waals surface area (Å²) in [5, 5.41) is 3.24. The van der Waals surface area contributed by atoms with E-state index >= 15 is 0 Å². The van der Waals surface area contributed by atoms with Crippen molar-refractivity contribution in [1.29, 1.82) is 0 Å². The predicted molar refractivity (Wildman–Crippen MR) is 79.1 cm³/mol. The van der Waals surface area contributed by atoms with Crippen molar-refractivity contribution < 1.29 is 9.53 Å². The molecule has 1 aliphatic rings. The maximum Gasteiger partial charge on any atom is 0.257 e. The van der Waals surface area contributed by atoms with Gasteiger partial charge in [0.2, 0.25) is 0 Å². The van der Waals surface area contributed by atoms with E-state index in [2.05, 4.69) is 10.3 Å². The normalized spacial score (nSPS) is 18.9. The monoisotopic (exact) mass is 277 g/mol. The number of nitrogens with one attached hydrogen (secondary N) is 1. The molecule has 2 heterocycles. The number of rotatable bonds is 4. The zero-order chi connectivity index (χ0) is 14.5. The first kappa shape index (κ1) is 14.8. The summed E-state index contributed by atoms with van der Waals surface area (Å²) in [7, 11) is 1.70. The molecule has 0 radical (unpaired) electrons. The minimum Gasteiger partial charge on any atom is -0.385 e. The average molecular weight is 277 g/mol. The van der Waals surface area contributed by atoms with E-state index in [0.717, 1.165) is 37.3 Å². The summed E-state index contributed by atoms with van der Waals surface area (Å²) < 4.78 is 5.38. The van der Waals surface area contributed by atoms with Crippen LogP contribution in [0.15, 0.2) is 12.3 Å². The number of carbonyl (C=O) groups is 1. The van der Waals surface area contributed by atoms with Gasteiger partial charge in [-0.1, -0.05) is 0 Å². The molecule has 1 fully saturated rings. The van der Waals surface area contributed by atoms with E-state index in [1.807, 2.05) is 24.8 Å². The molecule has 1 N–H and O–H groups in total. The second-order valence-corrected chi connectivity index (χ2v) is 5.15. The summed E-state index contributed by atoms with van der Waals surface area (Å²) in [5.41, 5.74) is 2.42. The smallest absolute Gasteiger partial charge is 0.257 e. The van der Waals surface area contributed by atoms with Crippen molar-refractivity contribution >= 4 is 11.6 Å². The fraction of sp³-hybridized carbons (Fsp3) is 0.600. The van der Waals surface area contributed by atoms with Gasteiger partial charge in [-0.05, 0) is 32.8 Å². The molecule has 0 saturated carbocycles. The van der Waals surface area contributed by atoms with Crippen LogP contribution in [-0.2, 0) is 4.74 Å². The van der Waals surface area contributed by atoms with Crippen LogP contribution in [0.1, 0.15) is 35.8 Å². The molecule has 5 nitrogen and oxygen atoms in total. The zero-order valence-electron chi connectivity index (χ0n) is 12.5. The first-order chi connectivity index (χ1) is 9.65. The lowest BCUT2D eigenvalue weighted by Crippen LogP contribution is -2.43. The number of anilines is 1. The van der Waals surface area contributed by atoms with Crippen molar-refractivity contribution in [2.24, 2.45) is 0 Å². The van der Waals surface area contributed by atoms with Gasteiger partial charge in [0.15, 0.2) is 0 Å². The summed E-state index contributed by atoms with van der Waals surface area (Å²) in [6, 6.07) is 1.93. The lowest BCUT2D eigenvalue weighted by atomic mass is 10.1. The molecule has 20 heavy (non-hydrogen) atoms. The second-order valence-electron chi connectivity index (χ2n) is 5.15. The molecule has 0 aliphatic carbocycles. The highest BCUT2D eigenvalue weighted by molar-refractivity contribution is 5.99. The van der Waals surface area contributed by atoms with E-state index in [9.17, 15) is 4.79 Å². The maximum atomic E-state index is 12.7. The number of amides is 1. The number of likely N-dealkylation sites (tertiary alicyclic amines) is 1. The highest BCUT2D eigenvalue weighted by Crippen LogP contribution is 2.21. The molecule has 1 saturated heterocycles. The summed E-state index contributed by atoms with van der Waals surface area (Å²) in [6.45, 7) is 6.18. The Kier molecular flexibility index (Phi) is 4.95. The number of aromatic nitrogens is 1. The number of methoxy groups -OCH3 is 1. The molecule has 0 aromatic carbocycles. The van der Waals surface area contributed by atoms with Gasteiger partial charge < -0.3 is 15.0 Å². The van der Waals surface area contributed by atoms with Gasteiger partial charge in [0, 0.05) is 38.6 Å². The van der Waals surface area contributed by atoms with Gasteiger partial charge in [-0.15, -0.1) is 0 Å². The number of nitrogens with zero attached hydrogens (tertiary/aromatic N) is 2. The Balaban J connectivity index is 2.19. The summed E-state index contributed by atoms with van der Waals surface area (Å²) in [6.07, 6.45) is 3.83. The summed E-state index contributed by atoms with van der Waals surface area (Å²) in [5.74, 6) is 0.0372. The SMILES string of the molecule is CCNc1cc(C)ncc1C(=O)N1CCCC(OC)C1. The van der Waals surface area contributed by atoms with Crippen LogP contribution in [-0.4, -0.2) is 48.6 Å². The van der Waals surface area contributed by atoms with Gasteiger partial charge in [0.05, 0.1) is 17.4 Å². The van der Waals surface area contributed by atoms with Crippen molar-refractivity contribution in [3.05, 3.63) is 23.5 Å². The molecule has 1 aliphatic heterocycles. The Morgan fingerprint density at radius 3 is 3.10 bits per heavy atom. The fourth-order valence-electron chi connectivity index (χ4n) is 2.55. The van der Waals surface area contributed by atoms with Crippen LogP contribution in [0.2, 0.25) is 0 Å². The third-order valence-electron chi connectivity index (χ3n) is 3.64. The van der Waals surface area contributed by atoms with Crippen molar-refractivity contribution in [2.75, 3.05) is 32.1 Å². The minimum absolute atomic E-state index is 0.0372.